The highest BCUT2D eigenvalue weighted by atomic mass is 16.5. The maximum Gasteiger partial charge on any atom is 0.347 e. The van der Waals surface area contributed by atoms with Gasteiger partial charge < -0.3 is 28.8 Å². The minimum absolute atomic E-state index is 0.0882. The van der Waals surface area contributed by atoms with E-state index in [1.165, 1.54) is 26.4 Å². The van der Waals surface area contributed by atoms with Crippen LogP contribution in [0.25, 0.3) is 28.2 Å². The zero-order chi connectivity index (χ0) is 20.9. The van der Waals surface area contributed by atoms with Gasteiger partial charge in [-0.25, -0.2) is 4.79 Å². The molecule has 2 heterocycles. The minimum atomic E-state index is -0.757. The van der Waals surface area contributed by atoms with E-state index in [4.69, 9.17) is 18.6 Å². The van der Waals surface area contributed by atoms with Crippen molar-refractivity contribution < 1.29 is 28.8 Å². The predicted octanol–water partition coefficient (Wildman–Crippen LogP) is 4.07. The van der Waals surface area contributed by atoms with Crippen LogP contribution in [0.2, 0.25) is 0 Å². The second kappa shape index (κ2) is 6.48. The van der Waals surface area contributed by atoms with Gasteiger partial charge in [-0.3, -0.25) is 0 Å². The first-order valence-electron chi connectivity index (χ1n) is 8.92. The molecule has 150 valence electrons. The van der Waals surface area contributed by atoms with Gasteiger partial charge in [0.2, 0.25) is 0 Å². The summed E-state index contributed by atoms with van der Waals surface area (Å²) < 4.78 is 22.0. The Morgan fingerprint density at radius 2 is 1.83 bits per heavy atom. The normalized spacial score (nSPS) is 14.3. The van der Waals surface area contributed by atoms with E-state index in [0.717, 1.165) is 0 Å². The molecule has 0 aliphatic carbocycles. The Balaban J connectivity index is 2.03. The van der Waals surface area contributed by atoms with Crippen LogP contribution in [-0.2, 0) is 0 Å². The van der Waals surface area contributed by atoms with Crippen molar-refractivity contribution in [3.05, 3.63) is 46.3 Å². The summed E-state index contributed by atoms with van der Waals surface area (Å²) in [4.78, 5) is 12.7. The SMILES string of the molecule is COc1ccc(-c2c(O)c3c(OC)c4c(cc3oc2=O)OC(C)(C)C=C4)cc1O. The van der Waals surface area contributed by atoms with E-state index in [0.29, 0.717) is 17.1 Å². The van der Waals surface area contributed by atoms with Crippen LogP contribution in [-0.4, -0.2) is 30.0 Å². The second-order valence-electron chi connectivity index (χ2n) is 7.23. The van der Waals surface area contributed by atoms with Gasteiger partial charge >= 0.3 is 5.63 Å². The van der Waals surface area contributed by atoms with Crippen LogP contribution >= 0.6 is 0 Å². The number of phenolic OH excluding ortho intramolecular Hbond substituents is 1. The van der Waals surface area contributed by atoms with Gasteiger partial charge in [-0.05, 0) is 43.7 Å². The maximum atomic E-state index is 12.7. The molecule has 2 N–H and O–H groups in total. The van der Waals surface area contributed by atoms with E-state index in [-0.39, 0.29) is 39.3 Å². The molecule has 0 unspecified atom stereocenters. The molecule has 1 aliphatic heterocycles. The van der Waals surface area contributed by atoms with Crippen molar-refractivity contribution in [2.75, 3.05) is 14.2 Å². The monoisotopic (exact) mass is 396 g/mol. The molecule has 0 radical (unpaired) electrons. The Labute approximate surface area is 166 Å². The molecule has 0 fully saturated rings. The van der Waals surface area contributed by atoms with E-state index in [9.17, 15) is 15.0 Å². The van der Waals surface area contributed by atoms with Gasteiger partial charge in [-0.2, -0.15) is 0 Å². The molecule has 1 aliphatic rings. The molecule has 2 aromatic carbocycles. The lowest BCUT2D eigenvalue weighted by Gasteiger charge is -2.29. The lowest BCUT2D eigenvalue weighted by Crippen LogP contribution is -2.27. The number of methoxy groups -OCH3 is 2. The molecule has 3 aromatic rings. The van der Waals surface area contributed by atoms with E-state index in [1.807, 2.05) is 26.0 Å². The summed E-state index contributed by atoms with van der Waals surface area (Å²) in [6, 6.07) is 5.94. The molecule has 0 spiro atoms. The van der Waals surface area contributed by atoms with Gasteiger partial charge in [0, 0.05) is 6.07 Å². The molecule has 0 bridgehead atoms. The largest absolute Gasteiger partial charge is 0.506 e. The highest BCUT2D eigenvalue weighted by Crippen LogP contribution is 2.47. The molecule has 7 heteroatoms. The van der Waals surface area contributed by atoms with Crippen molar-refractivity contribution in [1.29, 1.82) is 0 Å². The summed E-state index contributed by atoms with van der Waals surface area (Å²) in [6.07, 6.45) is 3.73. The molecule has 4 rings (SSSR count). The predicted molar refractivity (Wildman–Crippen MR) is 108 cm³/mol. The molecule has 1 aromatic heterocycles. The van der Waals surface area contributed by atoms with E-state index in [1.54, 1.807) is 12.1 Å². The highest BCUT2D eigenvalue weighted by molar-refractivity contribution is 5.99. The number of hydrogen-bond donors (Lipinski definition) is 2. The van der Waals surface area contributed by atoms with Gasteiger partial charge in [0.05, 0.1) is 19.8 Å². The average molecular weight is 396 g/mol. The van der Waals surface area contributed by atoms with E-state index >= 15 is 0 Å². The number of benzene rings is 2. The first-order chi connectivity index (χ1) is 13.8. The topological polar surface area (TPSA) is 98.4 Å². The first kappa shape index (κ1) is 18.7. The second-order valence-corrected chi connectivity index (χ2v) is 7.23. The lowest BCUT2D eigenvalue weighted by atomic mass is 9.98. The molecule has 0 saturated heterocycles. The van der Waals surface area contributed by atoms with Crippen LogP contribution in [0.15, 0.2) is 39.6 Å². The number of aromatic hydroxyl groups is 2. The molecule has 0 atom stereocenters. The van der Waals surface area contributed by atoms with Crippen LogP contribution in [0.5, 0.6) is 28.7 Å². The summed E-state index contributed by atoms with van der Waals surface area (Å²) in [5.41, 5.74) is -0.331. The van der Waals surface area contributed by atoms with Crippen LogP contribution in [0.4, 0.5) is 0 Å². The molecule has 0 saturated carbocycles. The molecular weight excluding hydrogens is 376 g/mol. The third-order valence-electron chi connectivity index (χ3n) is 4.82. The van der Waals surface area contributed by atoms with Crippen LogP contribution in [0, 0.1) is 0 Å². The van der Waals surface area contributed by atoms with Gasteiger partial charge in [0.1, 0.15) is 39.4 Å². The maximum absolute atomic E-state index is 12.7. The van der Waals surface area contributed by atoms with Gasteiger partial charge in [0.15, 0.2) is 11.5 Å². The fourth-order valence-corrected chi connectivity index (χ4v) is 3.46. The Hall–Kier alpha value is -3.61. The number of fused-ring (bicyclic) bond motifs is 2. The first-order valence-corrected chi connectivity index (χ1v) is 8.92. The van der Waals surface area contributed by atoms with Crippen molar-refractivity contribution in [2.24, 2.45) is 0 Å². The number of rotatable bonds is 3. The van der Waals surface area contributed by atoms with Crippen molar-refractivity contribution >= 4 is 17.0 Å². The number of hydrogen-bond acceptors (Lipinski definition) is 7. The molecular formula is C22H20O7. The smallest absolute Gasteiger partial charge is 0.347 e. The third kappa shape index (κ3) is 2.95. The van der Waals surface area contributed by atoms with E-state index < -0.39 is 11.2 Å². The highest BCUT2D eigenvalue weighted by Gasteiger charge is 2.28. The Bertz CT molecular complexity index is 1220. The van der Waals surface area contributed by atoms with Gasteiger partial charge in [0.25, 0.3) is 0 Å². The van der Waals surface area contributed by atoms with Crippen LogP contribution < -0.4 is 19.8 Å². The van der Waals surface area contributed by atoms with Crippen LogP contribution in [0.3, 0.4) is 0 Å². The zero-order valence-corrected chi connectivity index (χ0v) is 16.4. The Morgan fingerprint density at radius 1 is 1.07 bits per heavy atom. The Morgan fingerprint density at radius 3 is 2.48 bits per heavy atom. The standard InChI is InChI=1S/C22H20O7/c1-22(2)8-7-12-15(29-22)10-16-18(20(12)27-4)19(24)17(21(25)28-16)11-5-6-14(26-3)13(23)9-11/h5-10,23-24H,1-4H3. The van der Waals surface area contributed by atoms with Crippen molar-refractivity contribution in [3.8, 4) is 39.9 Å². The molecule has 0 amide bonds. The zero-order valence-electron chi connectivity index (χ0n) is 16.4. The quantitative estimate of drug-likeness (QED) is 0.644. The fourth-order valence-electron chi connectivity index (χ4n) is 3.46. The summed E-state index contributed by atoms with van der Waals surface area (Å²) in [5, 5.41) is 21.3. The van der Waals surface area contributed by atoms with E-state index in [2.05, 4.69) is 0 Å². The average Bonchev–Trinajstić information content (AvgIpc) is 2.65. The number of phenols is 1. The summed E-state index contributed by atoms with van der Waals surface area (Å²) >= 11 is 0. The summed E-state index contributed by atoms with van der Waals surface area (Å²) in [5.74, 6) is 0.581. The van der Waals surface area contributed by atoms with Crippen molar-refractivity contribution in [3.63, 3.8) is 0 Å². The number of ether oxygens (including phenoxy) is 3. The van der Waals surface area contributed by atoms with Crippen molar-refractivity contribution in [1.82, 2.24) is 0 Å². The molecule has 29 heavy (non-hydrogen) atoms. The summed E-state index contributed by atoms with van der Waals surface area (Å²) in [7, 11) is 2.88. The van der Waals surface area contributed by atoms with Gasteiger partial charge in [-0.15, -0.1) is 0 Å². The summed E-state index contributed by atoms with van der Waals surface area (Å²) in [6.45, 7) is 3.80. The minimum Gasteiger partial charge on any atom is -0.506 e. The third-order valence-corrected chi connectivity index (χ3v) is 4.82. The fraction of sp³-hybridized carbons (Fsp3) is 0.227. The Kier molecular flexibility index (Phi) is 4.19. The lowest BCUT2D eigenvalue weighted by molar-refractivity contribution is 0.158. The van der Waals surface area contributed by atoms with Gasteiger partial charge in [-0.1, -0.05) is 6.07 Å². The molecule has 7 nitrogen and oxygen atoms in total. The van der Waals surface area contributed by atoms with Crippen molar-refractivity contribution in [2.45, 2.75) is 19.4 Å². The van der Waals surface area contributed by atoms with Crippen LogP contribution in [0.1, 0.15) is 19.4 Å².